The summed E-state index contributed by atoms with van der Waals surface area (Å²) in [6.07, 6.45) is 1.74. The Balaban J connectivity index is 1.54. The highest BCUT2D eigenvalue weighted by Crippen LogP contribution is 2.35. The Labute approximate surface area is 207 Å². The number of thiophene rings is 1. The van der Waals surface area contributed by atoms with E-state index in [9.17, 15) is 4.79 Å². The summed E-state index contributed by atoms with van der Waals surface area (Å²) in [7, 11) is 0. The fraction of sp³-hybridized carbons (Fsp3) is 0.440. The van der Waals surface area contributed by atoms with Crippen LogP contribution < -0.4 is 19.9 Å². The second-order valence-electron chi connectivity index (χ2n) is 9.58. The minimum atomic E-state index is -0.205. The number of rotatable bonds is 9. The molecule has 1 aromatic carbocycles. The van der Waals surface area contributed by atoms with Gasteiger partial charge in [0.25, 0.3) is 5.56 Å². The molecule has 3 aromatic heterocycles. The molecule has 1 aliphatic rings. The Morgan fingerprint density at radius 3 is 2.71 bits per heavy atom. The summed E-state index contributed by atoms with van der Waals surface area (Å²) >= 11 is 1.73. The second-order valence-corrected chi connectivity index (χ2v) is 10.6. The average molecular weight is 496 g/mol. The predicted octanol–water partition coefficient (Wildman–Crippen LogP) is 3.19. The number of nitrogens with zero attached hydrogens (tertiary/aromatic N) is 4. The SMILES string of the molecule is CCC(c1nnnn1C(C)(C)CC)[NH+](Cc1cccs1)Cc1cc2cc3c(cc2[nH]c1=O)OCO3. The van der Waals surface area contributed by atoms with Gasteiger partial charge in [-0.25, -0.2) is 4.68 Å². The molecule has 184 valence electrons. The van der Waals surface area contributed by atoms with E-state index in [4.69, 9.17) is 9.47 Å². The molecule has 0 saturated carbocycles. The number of quaternary nitrogens is 1. The van der Waals surface area contributed by atoms with Gasteiger partial charge in [-0.05, 0) is 54.3 Å². The molecule has 1 aliphatic heterocycles. The van der Waals surface area contributed by atoms with Gasteiger partial charge in [-0.2, -0.15) is 0 Å². The Bertz CT molecular complexity index is 1380. The number of aromatic nitrogens is 5. The molecule has 0 radical (unpaired) electrons. The predicted molar refractivity (Wildman–Crippen MR) is 134 cm³/mol. The van der Waals surface area contributed by atoms with Crippen molar-refractivity contribution in [1.29, 1.82) is 0 Å². The maximum Gasteiger partial charge on any atom is 0.257 e. The fourth-order valence-corrected chi connectivity index (χ4v) is 5.37. The summed E-state index contributed by atoms with van der Waals surface area (Å²) in [6.45, 7) is 10.1. The van der Waals surface area contributed by atoms with Crippen molar-refractivity contribution in [2.75, 3.05) is 6.79 Å². The first kappa shape index (κ1) is 23.5. The number of ether oxygens (including phenoxy) is 2. The highest BCUT2D eigenvalue weighted by molar-refractivity contribution is 7.09. The lowest BCUT2D eigenvalue weighted by atomic mass is 10.0. The van der Waals surface area contributed by atoms with Crippen molar-refractivity contribution in [2.45, 2.75) is 65.2 Å². The average Bonchev–Trinajstić information content (AvgIpc) is 3.61. The summed E-state index contributed by atoms with van der Waals surface area (Å²) in [6, 6.07) is 9.95. The zero-order chi connectivity index (χ0) is 24.6. The molecule has 5 rings (SSSR count). The monoisotopic (exact) mass is 495 g/mol. The van der Waals surface area contributed by atoms with Crippen LogP contribution in [-0.4, -0.2) is 32.0 Å². The third-order valence-corrected chi connectivity index (χ3v) is 7.83. The van der Waals surface area contributed by atoms with Crippen LogP contribution in [0.2, 0.25) is 0 Å². The smallest absolute Gasteiger partial charge is 0.257 e. The molecule has 4 aromatic rings. The van der Waals surface area contributed by atoms with Crippen molar-refractivity contribution in [3.63, 3.8) is 0 Å². The van der Waals surface area contributed by atoms with E-state index < -0.39 is 0 Å². The van der Waals surface area contributed by atoms with Crippen LogP contribution in [0.1, 0.15) is 62.8 Å². The van der Waals surface area contributed by atoms with Crippen LogP contribution in [0, 0.1) is 0 Å². The number of nitrogens with one attached hydrogen (secondary N) is 2. The normalized spacial score (nSPS) is 15.0. The van der Waals surface area contributed by atoms with E-state index in [1.807, 2.05) is 22.9 Å². The summed E-state index contributed by atoms with van der Waals surface area (Å²) in [4.78, 5) is 18.7. The van der Waals surface area contributed by atoms with Crippen molar-refractivity contribution in [2.24, 2.45) is 0 Å². The third kappa shape index (κ3) is 4.55. The zero-order valence-corrected chi connectivity index (χ0v) is 21.3. The van der Waals surface area contributed by atoms with Crippen molar-refractivity contribution >= 4 is 22.2 Å². The number of H-pyrrole nitrogens is 1. The number of pyridine rings is 1. The summed E-state index contributed by atoms with van der Waals surface area (Å²) in [5, 5.41) is 15.9. The fourth-order valence-electron chi connectivity index (χ4n) is 4.61. The lowest BCUT2D eigenvalue weighted by Crippen LogP contribution is -3.10. The van der Waals surface area contributed by atoms with E-state index in [1.165, 1.54) is 9.78 Å². The number of hydrogen-bond donors (Lipinski definition) is 2. The Morgan fingerprint density at radius 2 is 2.00 bits per heavy atom. The number of tetrazole rings is 1. The zero-order valence-electron chi connectivity index (χ0n) is 20.5. The standard InChI is InChI=1S/C25H30N6O3S/c1-5-20(23-27-28-29-31(23)25(3,4)6-2)30(14-18-8-7-9-35-18)13-17-10-16-11-21-22(34-15-33-21)12-19(16)26-24(17)32/h7-12,20H,5-6,13-15H2,1-4H3,(H,26,32)/p+1. The molecule has 9 nitrogen and oxygen atoms in total. The van der Waals surface area contributed by atoms with E-state index in [-0.39, 0.29) is 23.9 Å². The van der Waals surface area contributed by atoms with Gasteiger partial charge in [0.15, 0.2) is 11.5 Å². The Hall–Kier alpha value is -3.24. The number of benzene rings is 1. The van der Waals surface area contributed by atoms with Crippen LogP contribution in [0.3, 0.4) is 0 Å². The Morgan fingerprint density at radius 1 is 1.20 bits per heavy atom. The maximum absolute atomic E-state index is 13.2. The molecule has 0 spiro atoms. The highest BCUT2D eigenvalue weighted by Gasteiger charge is 2.34. The van der Waals surface area contributed by atoms with Crippen molar-refractivity contribution < 1.29 is 14.4 Å². The Kier molecular flexibility index (Phi) is 6.33. The first-order valence-electron chi connectivity index (χ1n) is 12.0. The lowest BCUT2D eigenvalue weighted by Gasteiger charge is -2.30. The van der Waals surface area contributed by atoms with Crippen molar-refractivity contribution in [3.05, 3.63) is 62.3 Å². The molecule has 4 heterocycles. The van der Waals surface area contributed by atoms with Crippen LogP contribution in [0.25, 0.3) is 10.9 Å². The van der Waals surface area contributed by atoms with E-state index in [2.05, 4.69) is 65.7 Å². The van der Waals surface area contributed by atoms with Gasteiger partial charge in [0.2, 0.25) is 12.6 Å². The van der Waals surface area contributed by atoms with Gasteiger partial charge in [-0.3, -0.25) is 4.79 Å². The molecule has 0 saturated heterocycles. The van der Waals surface area contributed by atoms with Gasteiger partial charge in [-0.15, -0.1) is 16.4 Å². The highest BCUT2D eigenvalue weighted by atomic mass is 32.1. The van der Waals surface area contributed by atoms with Crippen LogP contribution >= 0.6 is 11.3 Å². The molecule has 2 atom stereocenters. The molecule has 10 heteroatoms. The van der Waals surface area contributed by atoms with Crippen molar-refractivity contribution in [1.82, 2.24) is 25.2 Å². The number of hydrogen-bond acceptors (Lipinski definition) is 7. The summed E-state index contributed by atoms with van der Waals surface area (Å²) < 4.78 is 13.0. The number of aromatic amines is 1. The van der Waals surface area contributed by atoms with Crippen LogP contribution in [0.15, 0.2) is 40.5 Å². The van der Waals surface area contributed by atoms with E-state index in [1.54, 1.807) is 11.3 Å². The number of fused-ring (bicyclic) bond motifs is 2. The summed E-state index contributed by atoms with van der Waals surface area (Å²) in [5.41, 5.74) is 1.16. The molecular weight excluding hydrogens is 464 g/mol. The van der Waals surface area contributed by atoms with Crippen LogP contribution in [-0.2, 0) is 18.6 Å². The summed E-state index contributed by atoms with van der Waals surface area (Å²) in [5.74, 6) is 2.21. The largest absolute Gasteiger partial charge is 0.454 e. The molecule has 0 fully saturated rings. The van der Waals surface area contributed by atoms with Gasteiger partial charge in [-0.1, -0.05) is 19.9 Å². The van der Waals surface area contributed by atoms with E-state index in [0.717, 1.165) is 41.7 Å². The van der Waals surface area contributed by atoms with Crippen LogP contribution in [0.4, 0.5) is 0 Å². The van der Waals surface area contributed by atoms with Crippen LogP contribution in [0.5, 0.6) is 11.5 Å². The maximum atomic E-state index is 13.2. The molecule has 2 unspecified atom stereocenters. The quantitative estimate of drug-likeness (QED) is 0.370. The molecule has 0 aliphatic carbocycles. The van der Waals surface area contributed by atoms with E-state index in [0.29, 0.717) is 18.0 Å². The van der Waals surface area contributed by atoms with Gasteiger partial charge in [0.05, 0.1) is 21.5 Å². The first-order chi connectivity index (χ1) is 16.9. The first-order valence-corrected chi connectivity index (χ1v) is 12.9. The van der Waals surface area contributed by atoms with Gasteiger partial charge < -0.3 is 19.4 Å². The minimum Gasteiger partial charge on any atom is -0.454 e. The topological polar surface area (TPSA) is 99.4 Å². The minimum absolute atomic E-state index is 0.0183. The lowest BCUT2D eigenvalue weighted by molar-refractivity contribution is -0.959. The molecule has 0 amide bonds. The molecule has 35 heavy (non-hydrogen) atoms. The molecule has 0 bridgehead atoms. The van der Waals surface area contributed by atoms with Gasteiger partial charge in [0.1, 0.15) is 19.1 Å². The molecular formula is C25H31N6O3S+. The van der Waals surface area contributed by atoms with E-state index >= 15 is 0 Å². The van der Waals surface area contributed by atoms with Gasteiger partial charge in [0, 0.05) is 17.9 Å². The second kappa shape index (κ2) is 9.43. The molecule has 2 N–H and O–H groups in total. The third-order valence-electron chi connectivity index (χ3n) is 6.96. The van der Waals surface area contributed by atoms with Gasteiger partial charge >= 0.3 is 0 Å². The van der Waals surface area contributed by atoms with Crippen molar-refractivity contribution in [3.8, 4) is 11.5 Å².